The van der Waals surface area contributed by atoms with E-state index in [2.05, 4.69) is 5.32 Å². The van der Waals surface area contributed by atoms with Gasteiger partial charge in [-0.3, -0.25) is 4.18 Å². The first-order valence-electron chi connectivity index (χ1n) is 8.37. The molecule has 1 heterocycles. The maximum Gasteiger partial charge on any atom is 0.410 e. The Hall–Kier alpha value is -1.55. The summed E-state index contributed by atoms with van der Waals surface area (Å²) in [5.41, 5.74) is -1.33. The molecule has 1 N–H and O–H groups in total. The number of nitrogens with zero attached hydrogens (tertiary/aromatic N) is 1. The number of carbonyl (C=O) groups is 2. The summed E-state index contributed by atoms with van der Waals surface area (Å²) < 4.78 is 38.0. The molecule has 26 heavy (non-hydrogen) atoms. The molecule has 1 aliphatic heterocycles. The summed E-state index contributed by atoms with van der Waals surface area (Å²) in [4.78, 5) is 25.7. The number of likely N-dealkylation sites (tertiary alicyclic amines) is 1. The highest BCUT2D eigenvalue weighted by Gasteiger charge is 2.39. The van der Waals surface area contributed by atoms with Crippen LogP contribution in [0.25, 0.3) is 0 Å². The molecular formula is C16H30N2O7S. The van der Waals surface area contributed by atoms with Crippen LogP contribution in [0.15, 0.2) is 0 Å². The molecular weight excluding hydrogens is 364 g/mol. The summed E-state index contributed by atoms with van der Waals surface area (Å²) in [5.74, 6) is -0.412. The van der Waals surface area contributed by atoms with Gasteiger partial charge in [0.2, 0.25) is 0 Å². The van der Waals surface area contributed by atoms with Crippen molar-refractivity contribution in [3.63, 3.8) is 0 Å². The lowest BCUT2D eigenvalue weighted by molar-refractivity contribution is 0.0278. The van der Waals surface area contributed by atoms with Crippen molar-refractivity contribution in [1.82, 2.24) is 10.2 Å². The van der Waals surface area contributed by atoms with Crippen LogP contribution in [0.1, 0.15) is 41.5 Å². The minimum atomic E-state index is -3.64. The molecule has 9 nitrogen and oxygen atoms in total. The number of ether oxygens (including phenoxy) is 2. The van der Waals surface area contributed by atoms with Crippen LogP contribution in [-0.2, 0) is 23.8 Å². The molecule has 0 aromatic carbocycles. The fourth-order valence-corrected chi connectivity index (χ4v) is 2.77. The molecule has 0 aromatic rings. The second-order valence-electron chi connectivity index (χ2n) is 8.39. The molecule has 10 heteroatoms. The number of carbonyl (C=O) groups excluding carboxylic acids is 2. The largest absolute Gasteiger partial charge is 0.444 e. The van der Waals surface area contributed by atoms with E-state index in [9.17, 15) is 18.0 Å². The Labute approximate surface area is 155 Å². The third-order valence-corrected chi connectivity index (χ3v) is 3.86. The van der Waals surface area contributed by atoms with Crippen LogP contribution in [0.5, 0.6) is 0 Å². The number of hydrogen-bond donors (Lipinski definition) is 1. The molecule has 1 rings (SSSR count). The van der Waals surface area contributed by atoms with E-state index in [4.69, 9.17) is 13.7 Å². The van der Waals surface area contributed by atoms with E-state index in [0.717, 1.165) is 6.26 Å². The minimum absolute atomic E-state index is 0.154. The molecule has 0 saturated carbocycles. The maximum absolute atomic E-state index is 12.3. The Morgan fingerprint density at radius 1 is 1.04 bits per heavy atom. The van der Waals surface area contributed by atoms with Gasteiger partial charge in [-0.1, -0.05) is 0 Å². The number of hydrogen-bond acceptors (Lipinski definition) is 7. The van der Waals surface area contributed by atoms with E-state index in [1.165, 1.54) is 4.90 Å². The van der Waals surface area contributed by atoms with Gasteiger partial charge in [-0.05, 0) is 41.5 Å². The molecule has 2 amide bonds. The SMILES string of the molecule is CC(C)(C)OC(=O)N[C@@H]1CN(C(=O)OC(C)(C)C)C[C@@H]1COS(C)(=O)=O. The van der Waals surface area contributed by atoms with E-state index in [1.54, 1.807) is 41.5 Å². The summed E-state index contributed by atoms with van der Waals surface area (Å²) in [6.07, 6.45) is -0.225. The third kappa shape index (κ3) is 8.70. The lowest BCUT2D eigenvalue weighted by Gasteiger charge is -2.25. The van der Waals surface area contributed by atoms with Gasteiger partial charge in [0, 0.05) is 19.0 Å². The van der Waals surface area contributed by atoms with Gasteiger partial charge in [0.15, 0.2) is 0 Å². The van der Waals surface area contributed by atoms with Crippen molar-refractivity contribution in [3.8, 4) is 0 Å². The molecule has 0 unspecified atom stereocenters. The molecule has 1 saturated heterocycles. The van der Waals surface area contributed by atoms with Gasteiger partial charge in [0.25, 0.3) is 10.1 Å². The smallest absolute Gasteiger partial charge is 0.410 e. The highest BCUT2D eigenvalue weighted by molar-refractivity contribution is 7.85. The highest BCUT2D eigenvalue weighted by atomic mass is 32.2. The Bertz CT molecular complexity index is 619. The normalized spacial score (nSPS) is 21.4. The zero-order valence-electron chi connectivity index (χ0n) is 16.5. The number of alkyl carbamates (subject to hydrolysis) is 1. The lowest BCUT2D eigenvalue weighted by Crippen LogP contribution is -2.44. The average Bonchev–Trinajstić information content (AvgIpc) is 2.74. The summed E-state index contributed by atoms with van der Waals surface area (Å²) in [7, 11) is -3.64. The van der Waals surface area contributed by atoms with E-state index in [-0.39, 0.29) is 19.7 Å². The first-order valence-corrected chi connectivity index (χ1v) is 10.2. The van der Waals surface area contributed by atoms with Crippen LogP contribution in [0, 0.1) is 5.92 Å². The van der Waals surface area contributed by atoms with Gasteiger partial charge in [0.05, 0.1) is 18.9 Å². The number of nitrogens with one attached hydrogen (secondary N) is 1. The van der Waals surface area contributed by atoms with Crippen LogP contribution in [-0.4, -0.2) is 68.7 Å². The van der Waals surface area contributed by atoms with Crippen molar-refractivity contribution in [2.75, 3.05) is 26.0 Å². The quantitative estimate of drug-likeness (QED) is 0.723. The molecule has 1 aliphatic rings. The number of amides is 2. The average molecular weight is 394 g/mol. The Morgan fingerprint density at radius 2 is 1.58 bits per heavy atom. The Balaban J connectivity index is 2.81. The monoisotopic (exact) mass is 394 g/mol. The van der Waals surface area contributed by atoms with Gasteiger partial charge in [-0.2, -0.15) is 8.42 Å². The molecule has 0 aromatic heterocycles. The summed E-state index contributed by atoms with van der Waals surface area (Å²) in [6, 6.07) is -0.515. The van der Waals surface area contributed by atoms with Crippen molar-refractivity contribution in [3.05, 3.63) is 0 Å². The Morgan fingerprint density at radius 3 is 2.04 bits per heavy atom. The fraction of sp³-hybridized carbons (Fsp3) is 0.875. The maximum atomic E-state index is 12.3. The van der Waals surface area contributed by atoms with Crippen molar-refractivity contribution in [2.45, 2.75) is 58.8 Å². The molecule has 1 fully saturated rings. The topological polar surface area (TPSA) is 111 Å². The van der Waals surface area contributed by atoms with Gasteiger partial charge in [-0.25, -0.2) is 9.59 Å². The highest BCUT2D eigenvalue weighted by Crippen LogP contribution is 2.22. The van der Waals surface area contributed by atoms with Crippen LogP contribution < -0.4 is 5.32 Å². The first kappa shape index (κ1) is 22.5. The predicted octanol–water partition coefficient (Wildman–Crippen LogP) is 1.72. The summed E-state index contributed by atoms with van der Waals surface area (Å²) in [6.45, 7) is 10.7. The predicted molar refractivity (Wildman–Crippen MR) is 95.3 cm³/mol. The Kier molecular flexibility index (Phi) is 6.92. The van der Waals surface area contributed by atoms with Gasteiger partial charge in [0.1, 0.15) is 11.2 Å². The fourth-order valence-electron chi connectivity index (χ4n) is 2.35. The zero-order valence-corrected chi connectivity index (χ0v) is 17.3. The minimum Gasteiger partial charge on any atom is -0.444 e. The van der Waals surface area contributed by atoms with E-state index < -0.39 is 45.5 Å². The second kappa shape index (κ2) is 7.99. The van der Waals surface area contributed by atoms with Crippen molar-refractivity contribution in [1.29, 1.82) is 0 Å². The molecule has 0 spiro atoms. The van der Waals surface area contributed by atoms with Gasteiger partial charge >= 0.3 is 12.2 Å². The van der Waals surface area contributed by atoms with E-state index in [0.29, 0.717) is 0 Å². The zero-order chi connectivity index (χ0) is 20.3. The van der Waals surface area contributed by atoms with Crippen LogP contribution in [0.2, 0.25) is 0 Å². The van der Waals surface area contributed by atoms with Crippen molar-refractivity contribution in [2.24, 2.45) is 5.92 Å². The lowest BCUT2D eigenvalue weighted by atomic mass is 10.1. The first-order chi connectivity index (χ1) is 11.6. The molecule has 0 bridgehead atoms. The van der Waals surface area contributed by atoms with Crippen LogP contribution >= 0.6 is 0 Å². The van der Waals surface area contributed by atoms with Crippen molar-refractivity contribution >= 4 is 22.3 Å². The summed E-state index contributed by atoms with van der Waals surface area (Å²) >= 11 is 0. The van der Waals surface area contributed by atoms with E-state index in [1.807, 2.05) is 0 Å². The molecule has 0 aliphatic carbocycles. The second-order valence-corrected chi connectivity index (χ2v) is 10.0. The number of rotatable bonds is 4. The van der Waals surface area contributed by atoms with Crippen LogP contribution in [0.3, 0.4) is 0 Å². The molecule has 152 valence electrons. The third-order valence-electron chi connectivity index (χ3n) is 3.29. The van der Waals surface area contributed by atoms with E-state index >= 15 is 0 Å². The van der Waals surface area contributed by atoms with Gasteiger partial charge < -0.3 is 19.7 Å². The molecule has 2 atom stereocenters. The van der Waals surface area contributed by atoms with Crippen LogP contribution in [0.4, 0.5) is 9.59 Å². The summed E-state index contributed by atoms with van der Waals surface area (Å²) in [5, 5.41) is 2.68. The van der Waals surface area contributed by atoms with Crippen molar-refractivity contribution < 1.29 is 31.7 Å². The molecule has 0 radical (unpaired) electrons. The van der Waals surface area contributed by atoms with Gasteiger partial charge in [-0.15, -0.1) is 0 Å². The standard InChI is InChI=1S/C16H30N2O7S/c1-15(2,3)24-13(19)17-12-9-18(14(20)25-16(4,5)6)8-11(12)10-23-26(7,21)22/h11-12H,8-10H2,1-7H3,(H,17,19)/t11-,12-/m1/s1.